The van der Waals surface area contributed by atoms with Gasteiger partial charge >= 0.3 is 6.03 Å². The van der Waals surface area contributed by atoms with Gasteiger partial charge in [-0.2, -0.15) is 0 Å². The van der Waals surface area contributed by atoms with Crippen LogP contribution in [0.2, 0.25) is 0 Å². The van der Waals surface area contributed by atoms with Crippen molar-refractivity contribution >= 4 is 29.0 Å². The second-order valence-electron chi connectivity index (χ2n) is 10.3. The molecule has 0 bridgehead atoms. The summed E-state index contributed by atoms with van der Waals surface area (Å²) in [5.41, 5.74) is 2.64. The molecule has 2 aromatic rings. The van der Waals surface area contributed by atoms with Gasteiger partial charge in [-0.05, 0) is 94.1 Å². The summed E-state index contributed by atoms with van der Waals surface area (Å²) in [4.78, 5) is 28.7. The van der Waals surface area contributed by atoms with E-state index in [0.29, 0.717) is 18.6 Å². The van der Waals surface area contributed by atoms with Gasteiger partial charge in [0.15, 0.2) is 0 Å². The van der Waals surface area contributed by atoms with Crippen LogP contribution in [0.1, 0.15) is 44.9 Å². The molecule has 192 valence electrons. The van der Waals surface area contributed by atoms with Crippen LogP contribution in [0.25, 0.3) is 0 Å². The predicted molar refractivity (Wildman–Crippen MR) is 143 cm³/mol. The number of urea groups is 1. The van der Waals surface area contributed by atoms with E-state index in [2.05, 4.69) is 44.9 Å². The first kappa shape index (κ1) is 24.4. The average molecular weight is 492 g/mol. The largest absolute Gasteiger partial charge is 0.490 e. The first-order valence-corrected chi connectivity index (χ1v) is 13.2. The number of benzene rings is 2. The minimum Gasteiger partial charge on any atom is -0.490 e. The first-order valence-electron chi connectivity index (χ1n) is 13.2. The molecule has 3 aliphatic rings. The zero-order valence-electron chi connectivity index (χ0n) is 21.0. The number of nitrogens with zero attached hydrogens (tertiary/aromatic N) is 2. The van der Waals surface area contributed by atoms with Gasteiger partial charge in [-0.1, -0.05) is 0 Å². The molecule has 3 N–H and O–H groups in total. The summed E-state index contributed by atoms with van der Waals surface area (Å²) in [6.45, 7) is 2.86. The number of carbonyl (C=O) groups excluding carboxylic acids is 2. The number of amides is 3. The molecule has 1 aliphatic carbocycles. The SMILES string of the molecule is CN(CC1CCC(=O)N1)C1CCN(c2ccc(NC(=O)Nc3ccc(OC4CCCC4)cc3)cc2)C1. The molecule has 2 aromatic carbocycles. The molecule has 3 fully saturated rings. The standard InChI is InChI=1S/C28H37N5O3/c1-32(18-22-10-15-27(34)29-22)24-16-17-33(19-24)23-11-6-20(7-12-23)30-28(35)31-21-8-13-26(14-9-21)36-25-4-2-3-5-25/h6-9,11-14,22,24-25H,2-5,10,15-19H2,1H3,(H,29,34)(H2,30,31,35). The maximum absolute atomic E-state index is 12.5. The Bertz CT molecular complexity index is 1040. The maximum atomic E-state index is 12.5. The smallest absolute Gasteiger partial charge is 0.323 e. The molecule has 5 rings (SSSR count). The van der Waals surface area contributed by atoms with Crippen LogP contribution in [0, 0.1) is 0 Å². The van der Waals surface area contributed by atoms with Crippen molar-refractivity contribution in [1.29, 1.82) is 0 Å². The lowest BCUT2D eigenvalue weighted by molar-refractivity contribution is -0.119. The fourth-order valence-corrected chi connectivity index (χ4v) is 5.51. The van der Waals surface area contributed by atoms with E-state index in [1.165, 1.54) is 12.8 Å². The molecule has 8 heteroatoms. The van der Waals surface area contributed by atoms with Crippen LogP contribution in [0.5, 0.6) is 5.75 Å². The third-order valence-corrected chi connectivity index (χ3v) is 7.59. The normalized spacial score (nSPS) is 22.2. The van der Waals surface area contributed by atoms with Crippen molar-refractivity contribution in [1.82, 2.24) is 10.2 Å². The molecule has 2 unspecified atom stereocenters. The molecular weight excluding hydrogens is 454 g/mol. The van der Waals surface area contributed by atoms with E-state index in [9.17, 15) is 9.59 Å². The molecule has 2 aliphatic heterocycles. The Morgan fingerprint density at radius 2 is 1.67 bits per heavy atom. The van der Waals surface area contributed by atoms with Gasteiger partial charge in [-0.3, -0.25) is 9.69 Å². The summed E-state index contributed by atoms with van der Waals surface area (Å²) in [5, 5.41) is 8.86. The van der Waals surface area contributed by atoms with E-state index in [4.69, 9.17) is 4.74 Å². The van der Waals surface area contributed by atoms with Crippen LogP contribution in [0.15, 0.2) is 48.5 Å². The number of hydrogen-bond acceptors (Lipinski definition) is 5. The Hall–Kier alpha value is -3.26. The highest BCUT2D eigenvalue weighted by Crippen LogP contribution is 2.26. The Morgan fingerprint density at radius 1 is 1.00 bits per heavy atom. The van der Waals surface area contributed by atoms with Crippen LogP contribution in [-0.2, 0) is 4.79 Å². The lowest BCUT2D eigenvalue weighted by Gasteiger charge is -2.27. The lowest BCUT2D eigenvalue weighted by atomic mass is 10.1. The third-order valence-electron chi connectivity index (χ3n) is 7.59. The summed E-state index contributed by atoms with van der Waals surface area (Å²) >= 11 is 0. The number of hydrogen-bond donors (Lipinski definition) is 3. The Balaban J connectivity index is 1.07. The monoisotopic (exact) mass is 491 g/mol. The van der Waals surface area contributed by atoms with E-state index in [-0.39, 0.29) is 18.0 Å². The van der Waals surface area contributed by atoms with E-state index < -0.39 is 0 Å². The molecule has 2 saturated heterocycles. The topological polar surface area (TPSA) is 85.9 Å². The molecule has 36 heavy (non-hydrogen) atoms. The Morgan fingerprint density at radius 3 is 2.31 bits per heavy atom. The van der Waals surface area contributed by atoms with Gasteiger partial charge in [0.2, 0.25) is 5.91 Å². The molecule has 0 radical (unpaired) electrons. The van der Waals surface area contributed by atoms with Crippen LogP contribution in [0.3, 0.4) is 0 Å². The highest BCUT2D eigenvalue weighted by molar-refractivity contribution is 5.99. The molecule has 2 atom stereocenters. The van der Waals surface area contributed by atoms with Crippen LogP contribution < -0.4 is 25.6 Å². The van der Waals surface area contributed by atoms with Gasteiger partial charge in [0.1, 0.15) is 5.75 Å². The minimum atomic E-state index is -0.269. The summed E-state index contributed by atoms with van der Waals surface area (Å²) < 4.78 is 5.99. The van der Waals surface area contributed by atoms with E-state index in [0.717, 1.165) is 68.1 Å². The van der Waals surface area contributed by atoms with Gasteiger partial charge in [-0.25, -0.2) is 4.79 Å². The number of likely N-dealkylation sites (N-methyl/N-ethyl adjacent to an activating group) is 1. The minimum absolute atomic E-state index is 0.172. The lowest BCUT2D eigenvalue weighted by Crippen LogP contribution is -2.42. The van der Waals surface area contributed by atoms with E-state index in [1.54, 1.807) is 0 Å². The van der Waals surface area contributed by atoms with Crippen LogP contribution in [0.4, 0.5) is 21.9 Å². The maximum Gasteiger partial charge on any atom is 0.323 e. The van der Waals surface area contributed by atoms with Crippen molar-refractivity contribution in [2.45, 2.75) is 63.1 Å². The Labute approximate surface area is 213 Å². The Kier molecular flexibility index (Phi) is 7.60. The zero-order chi connectivity index (χ0) is 24.9. The summed E-state index contributed by atoms with van der Waals surface area (Å²) in [6, 6.07) is 16.0. The van der Waals surface area contributed by atoms with Gasteiger partial charge in [0.25, 0.3) is 0 Å². The molecule has 0 spiro atoms. The molecule has 2 heterocycles. The first-order chi connectivity index (χ1) is 17.5. The van der Waals surface area contributed by atoms with Crippen molar-refractivity contribution in [2.24, 2.45) is 0 Å². The van der Waals surface area contributed by atoms with Crippen molar-refractivity contribution in [2.75, 3.05) is 42.2 Å². The van der Waals surface area contributed by atoms with Crippen LogP contribution in [-0.4, -0.2) is 61.7 Å². The number of nitrogens with one attached hydrogen (secondary N) is 3. The highest BCUT2D eigenvalue weighted by atomic mass is 16.5. The van der Waals surface area contributed by atoms with Crippen molar-refractivity contribution in [3.63, 3.8) is 0 Å². The summed E-state index contributed by atoms with van der Waals surface area (Å²) in [6.07, 6.45) is 7.73. The second-order valence-corrected chi connectivity index (χ2v) is 10.3. The number of anilines is 3. The van der Waals surface area contributed by atoms with Crippen molar-refractivity contribution < 1.29 is 14.3 Å². The quantitative estimate of drug-likeness (QED) is 0.508. The molecule has 3 amide bonds. The van der Waals surface area contributed by atoms with Gasteiger partial charge in [0, 0.05) is 55.2 Å². The molecule has 0 aromatic heterocycles. The number of rotatable bonds is 8. The van der Waals surface area contributed by atoms with E-state index in [1.807, 2.05) is 36.4 Å². The zero-order valence-corrected chi connectivity index (χ0v) is 21.0. The average Bonchev–Trinajstić information content (AvgIpc) is 3.64. The van der Waals surface area contributed by atoms with Crippen molar-refractivity contribution in [3.05, 3.63) is 48.5 Å². The van der Waals surface area contributed by atoms with Gasteiger partial charge in [-0.15, -0.1) is 0 Å². The fourth-order valence-electron chi connectivity index (χ4n) is 5.51. The third kappa shape index (κ3) is 6.29. The number of carbonyl (C=O) groups is 2. The van der Waals surface area contributed by atoms with E-state index >= 15 is 0 Å². The molecule has 8 nitrogen and oxygen atoms in total. The fraction of sp³-hybridized carbons (Fsp3) is 0.500. The van der Waals surface area contributed by atoms with Crippen molar-refractivity contribution in [3.8, 4) is 5.75 Å². The summed E-state index contributed by atoms with van der Waals surface area (Å²) in [5.74, 6) is 1.02. The second kappa shape index (κ2) is 11.2. The molecule has 1 saturated carbocycles. The van der Waals surface area contributed by atoms with Gasteiger partial charge in [0.05, 0.1) is 6.10 Å². The predicted octanol–water partition coefficient (Wildman–Crippen LogP) is 4.44. The number of ether oxygens (including phenoxy) is 1. The van der Waals surface area contributed by atoms with Gasteiger partial charge < -0.3 is 25.6 Å². The highest BCUT2D eigenvalue weighted by Gasteiger charge is 2.29. The summed E-state index contributed by atoms with van der Waals surface area (Å²) in [7, 11) is 2.15. The molecular formula is C28H37N5O3. The van der Waals surface area contributed by atoms with Crippen LogP contribution >= 0.6 is 0 Å².